The molecule has 0 heterocycles. The van der Waals surface area contributed by atoms with Crippen molar-refractivity contribution in [2.75, 3.05) is 32.8 Å². The Labute approximate surface area is 126 Å². The van der Waals surface area contributed by atoms with Crippen molar-refractivity contribution in [3.63, 3.8) is 0 Å². The zero-order valence-electron chi connectivity index (χ0n) is 12.0. The predicted molar refractivity (Wildman–Crippen MR) is 72.4 cm³/mol. The molecule has 0 aliphatic rings. The highest BCUT2D eigenvalue weighted by Crippen LogP contribution is 1.91. The van der Waals surface area contributed by atoms with Crippen LogP contribution in [0.5, 0.6) is 0 Å². The van der Waals surface area contributed by atoms with Crippen LogP contribution in [0.1, 0.15) is 19.3 Å². The largest absolute Gasteiger partial charge is 0.481 e. The summed E-state index contributed by atoms with van der Waals surface area (Å²) in [4.78, 5) is 42.0. The molecule has 0 radical (unpaired) electrons. The van der Waals surface area contributed by atoms with Gasteiger partial charge in [0.1, 0.15) is 6.42 Å². The Morgan fingerprint density at radius 2 is 1.14 bits per heavy atom. The van der Waals surface area contributed by atoms with Gasteiger partial charge in [0.2, 0.25) is 0 Å². The summed E-state index contributed by atoms with van der Waals surface area (Å²) < 4.78 is 0. The number of aliphatic hydroxyl groups excluding tert-OH is 2. The molecule has 0 saturated carbocycles. The fourth-order valence-corrected chi connectivity index (χ4v) is 1.24. The molecule has 0 atom stereocenters. The first-order valence-corrected chi connectivity index (χ1v) is 6.34. The molecule has 0 aromatic heterocycles. The van der Waals surface area contributed by atoms with Gasteiger partial charge in [0.15, 0.2) is 5.78 Å². The Morgan fingerprint density at radius 1 is 0.727 bits per heavy atom. The summed E-state index contributed by atoms with van der Waals surface area (Å²) in [6.45, 7) is 0.214. The summed E-state index contributed by atoms with van der Waals surface area (Å²) in [5.74, 6) is -3.75. The Kier molecular flexibility index (Phi) is 14.1. The van der Waals surface area contributed by atoms with Gasteiger partial charge in [-0.2, -0.15) is 0 Å². The molecule has 0 saturated heterocycles. The quantitative estimate of drug-likeness (QED) is 0.274. The lowest BCUT2D eigenvalue weighted by Gasteiger charge is -2.18. The topological polar surface area (TPSA) is 173 Å². The number of carbonyl (C=O) groups is 4. The number of ketones is 1. The van der Waals surface area contributed by atoms with E-state index in [4.69, 9.17) is 25.5 Å². The van der Waals surface area contributed by atoms with Gasteiger partial charge in [-0.05, 0) is 0 Å². The fourth-order valence-electron chi connectivity index (χ4n) is 1.24. The van der Waals surface area contributed by atoms with Gasteiger partial charge in [-0.15, -0.1) is 0 Å². The molecule has 0 aliphatic heterocycles. The minimum atomic E-state index is -1.16. The van der Waals surface area contributed by atoms with Gasteiger partial charge in [-0.25, -0.2) is 0 Å². The van der Waals surface area contributed by atoms with E-state index < -0.39 is 30.1 Å². The number of hydrogen-bond acceptors (Lipinski definition) is 7. The molecule has 0 bridgehead atoms. The van der Waals surface area contributed by atoms with E-state index >= 15 is 0 Å². The van der Waals surface area contributed by atoms with Crippen LogP contribution in [0.3, 0.4) is 0 Å². The maximum atomic E-state index is 11.0. The second-order valence-corrected chi connectivity index (χ2v) is 4.12. The van der Waals surface area contributed by atoms with Gasteiger partial charge in [-0.3, -0.25) is 24.1 Å². The number of carboxylic acids is 3. The number of carbonyl (C=O) groups excluding carboxylic acids is 1. The van der Waals surface area contributed by atoms with Crippen LogP contribution >= 0.6 is 0 Å². The molecular weight excluding hydrogens is 302 g/mol. The average Bonchev–Trinajstić information content (AvgIpc) is 2.36. The van der Waals surface area contributed by atoms with Gasteiger partial charge in [-0.1, -0.05) is 0 Å². The lowest BCUT2D eigenvalue weighted by atomic mass is 10.2. The van der Waals surface area contributed by atoms with Crippen LogP contribution in [0.15, 0.2) is 0 Å². The molecule has 10 nitrogen and oxygen atoms in total. The molecule has 0 rings (SSSR count). The van der Waals surface area contributed by atoms with E-state index in [0.717, 1.165) is 0 Å². The van der Waals surface area contributed by atoms with Gasteiger partial charge in [0.25, 0.3) is 0 Å². The number of hydrogen-bond donors (Lipinski definition) is 5. The van der Waals surface area contributed by atoms with E-state index in [0.29, 0.717) is 0 Å². The van der Waals surface area contributed by atoms with E-state index in [1.54, 1.807) is 0 Å². The lowest BCUT2D eigenvalue weighted by Crippen LogP contribution is -2.35. The van der Waals surface area contributed by atoms with E-state index in [9.17, 15) is 19.2 Å². The SMILES string of the molecule is O=C(O)CC(=O)CN(CCO)CCO.O=C(O)CCC(=O)O. The second-order valence-electron chi connectivity index (χ2n) is 4.12. The van der Waals surface area contributed by atoms with Gasteiger partial charge >= 0.3 is 17.9 Å². The molecule has 0 amide bonds. The molecule has 0 unspecified atom stereocenters. The van der Waals surface area contributed by atoms with Crippen LogP contribution in [0.2, 0.25) is 0 Å². The van der Waals surface area contributed by atoms with Crippen LogP contribution in [-0.4, -0.2) is 87.0 Å². The first-order valence-electron chi connectivity index (χ1n) is 6.34. The number of rotatable bonds is 11. The van der Waals surface area contributed by atoms with Crippen molar-refractivity contribution < 1.29 is 44.7 Å². The third-order valence-corrected chi connectivity index (χ3v) is 2.13. The number of nitrogens with zero attached hydrogens (tertiary/aromatic N) is 1. The molecule has 5 N–H and O–H groups in total. The van der Waals surface area contributed by atoms with Gasteiger partial charge in [0.05, 0.1) is 32.6 Å². The van der Waals surface area contributed by atoms with E-state index in [2.05, 4.69) is 0 Å². The highest BCUT2D eigenvalue weighted by molar-refractivity contribution is 5.95. The smallest absolute Gasteiger partial charge is 0.310 e. The van der Waals surface area contributed by atoms with Crippen LogP contribution in [-0.2, 0) is 19.2 Å². The Balaban J connectivity index is 0. The first kappa shape index (κ1) is 22.2. The van der Waals surface area contributed by atoms with Crippen LogP contribution < -0.4 is 0 Å². The minimum Gasteiger partial charge on any atom is -0.481 e. The van der Waals surface area contributed by atoms with Crippen molar-refractivity contribution in [3.05, 3.63) is 0 Å². The molecule has 0 fully saturated rings. The zero-order valence-corrected chi connectivity index (χ0v) is 12.0. The lowest BCUT2D eigenvalue weighted by molar-refractivity contribution is -0.143. The summed E-state index contributed by atoms with van der Waals surface area (Å²) in [7, 11) is 0. The Morgan fingerprint density at radius 3 is 1.41 bits per heavy atom. The van der Waals surface area contributed by atoms with E-state index in [-0.39, 0.29) is 45.7 Å². The standard InChI is InChI=1S/C8H15NO5.C4H6O4/c10-3-1-9(2-4-11)6-7(12)5-8(13)14;5-3(6)1-2-4(7)8/h10-11H,1-6H2,(H,13,14);1-2H2,(H,5,6)(H,7,8). The predicted octanol–water partition coefficient (Wildman–Crippen LogP) is -1.75. The van der Waals surface area contributed by atoms with Gasteiger partial charge in [0, 0.05) is 13.1 Å². The number of Topliss-reactive ketones (excluding diaryl/α,β-unsaturated/α-hetero) is 1. The van der Waals surface area contributed by atoms with Crippen molar-refractivity contribution in [3.8, 4) is 0 Å². The number of aliphatic hydroxyl groups is 2. The van der Waals surface area contributed by atoms with Crippen molar-refractivity contribution in [2.45, 2.75) is 19.3 Å². The van der Waals surface area contributed by atoms with Crippen LogP contribution in [0.25, 0.3) is 0 Å². The molecule has 0 spiro atoms. The molecule has 10 heteroatoms. The van der Waals surface area contributed by atoms with E-state index in [1.165, 1.54) is 4.90 Å². The van der Waals surface area contributed by atoms with E-state index in [1.807, 2.05) is 0 Å². The van der Waals surface area contributed by atoms with Crippen LogP contribution in [0, 0.1) is 0 Å². The molecule has 0 aromatic rings. The number of carboxylic acid groups (broad SMARTS) is 3. The zero-order chi connectivity index (χ0) is 17.5. The second kappa shape index (κ2) is 13.9. The summed E-state index contributed by atoms with van der Waals surface area (Å²) >= 11 is 0. The summed E-state index contributed by atoms with van der Waals surface area (Å²) in [6, 6.07) is 0. The summed E-state index contributed by atoms with van der Waals surface area (Å²) in [5, 5.41) is 41.3. The molecule has 0 aromatic carbocycles. The summed E-state index contributed by atoms with van der Waals surface area (Å²) in [6.07, 6.45) is -1.11. The average molecular weight is 323 g/mol. The van der Waals surface area contributed by atoms with Crippen molar-refractivity contribution in [2.24, 2.45) is 0 Å². The monoisotopic (exact) mass is 323 g/mol. The Hall–Kier alpha value is -2.04. The van der Waals surface area contributed by atoms with Crippen LogP contribution in [0.4, 0.5) is 0 Å². The molecule has 0 aliphatic carbocycles. The highest BCUT2D eigenvalue weighted by atomic mass is 16.4. The molecular formula is C12H21NO9. The van der Waals surface area contributed by atoms with Crippen molar-refractivity contribution >= 4 is 23.7 Å². The summed E-state index contributed by atoms with van der Waals surface area (Å²) in [5.41, 5.74) is 0. The normalized spacial score (nSPS) is 9.77. The van der Waals surface area contributed by atoms with Crippen molar-refractivity contribution in [1.82, 2.24) is 4.90 Å². The number of aliphatic carboxylic acids is 3. The maximum Gasteiger partial charge on any atom is 0.310 e. The fraction of sp³-hybridized carbons (Fsp3) is 0.667. The Bertz CT molecular complexity index is 350. The third kappa shape index (κ3) is 18.0. The maximum absolute atomic E-state index is 11.0. The van der Waals surface area contributed by atoms with Gasteiger partial charge < -0.3 is 25.5 Å². The third-order valence-electron chi connectivity index (χ3n) is 2.13. The first-order chi connectivity index (χ1) is 10.2. The molecule has 128 valence electrons. The molecule has 22 heavy (non-hydrogen) atoms. The highest BCUT2D eigenvalue weighted by Gasteiger charge is 2.12. The minimum absolute atomic E-state index is 0.0482. The van der Waals surface area contributed by atoms with Crippen molar-refractivity contribution in [1.29, 1.82) is 0 Å².